The minimum absolute atomic E-state index is 0.180. The van der Waals surface area contributed by atoms with Gasteiger partial charge in [-0.25, -0.2) is 4.39 Å². The van der Waals surface area contributed by atoms with E-state index in [4.69, 9.17) is 5.73 Å². The fourth-order valence-electron chi connectivity index (χ4n) is 2.41. The van der Waals surface area contributed by atoms with Crippen LogP contribution >= 0.6 is 0 Å². The van der Waals surface area contributed by atoms with Crippen LogP contribution in [0.5, 0.6) is 0 Å². The van der Waals surface area contributed by atoms with E-state index in [9.17, 15) is 4.39 Å². The molecule has 0 bridgehead atoms. The van der Waals surface area contributed by atoms with Gasteiger partial charge in [0.15, 0.2) is 0 Å². The average molecular weight is 275 g/mol. The highest BCUT2D eigenvalue weighted by atomic mass is 19.1. The summed E-state index contributed by atoms with van der Waals surface area (Å²) in [5.41, 5.74) is 6.73. The molecule has 0 aromatic heterocycles. The van der Waals surface area contributed by atoms with E-state index in [1.807, 2.05) is 12.1 Å². The summed E-state index contributed by atoms with van der Waals surface area (Å²) in [6.07, 6.45) is 0. The van der Waals surface area contributed by atoms with Gasteiger partial charge >= 0.3 is 0 Å². The highest BCUT2D eigenvalue weighted by Gasteiger charge is 2.21. The van der Waals surface area contributed by atoms with Gasteiger partial charge in [-0.3, -0.25) is 4.90 Å². The molecule has 0 saturated carbocycles. The Bertz CT molecular complexity index is 518. The first-order chi connectivity index (χ1) is 9.60. The Morgan fingerprint density at radius 1 is 1.40 bits per heavy atom. The molecule has 0 radical (unpaired) electrons. The van der Waals surface area contributed by atoms with E-state index in [0.29, 0.717) is 24.7 Å². The largest absolute Gasteiger partial charge is 0.320 e. The quantitative estimate of drug-likeness (QED) is 0.825. The van der Waals surface area contributed by atoms with Crippen LogP contribution < -0.4 is 5.73 Å². The van der Waals surface area contributed by atoms with Gasteiger partial charge in [-0.15, -0.1) is 0 Å². The van der Waals surface area contributed by atoms with Gasteiger partial charge < -0.3 is 10.6 Å². The molecule has 1 aromatic rings. The number of nitrogens with two attached hydrogens (primary N) is 1. The maximum atomic E-state index is 14.1. The SMILES string of the molecule is CC1CN(Cc2ccc(C#CCN)cc2F)CCN1C. The van der Waals surface area contributed by atoms with Crippen LogP contribution in [0.4, 0.5) is 4.39 Å². The van der Waals surface area contributed by atoms with Gasteiger partial charge in [0.1, 0.15) is 5.82 Å². The standard InChI is InChI=1S/C16H22FN3/c1-13-11-20(9-8-19(13)2)12-15-6-5-14(4-3-7-18)10-16(15)17/h5-6,10,13H,7-9,11-12,18H2,1-2H3. The van der Waals surface area contributed by atoms with Crippen LogP contribution in [-0.4, -0.2) is 49.1 Å². The minimum Gasteiger partial charge on any atom is -0.320 e. The number of hydrogen-bond acceptors (Lipinski definition) is 3. The van der Waals surface area contributed by atoms with Gasteiger partial charge in [-0.05, 0) is 26.1 Å². The number of piperazine rings is 1. The molecule has 108 valence electrons. The Morgan fingerprint density at radius 2 is 2.20 bits per heavy atom. The van der Waals surface area contributed by atoms with Gasteiger partial charge in [0.2, 0.25) is 0 Å². The molecule has 1 unspecified atom stereocenters. The highest BCUT2D eigenvalue weighted by Crippen LogP contribution is 2.15. The molecule has 1 saturated heterocycles. The molecular weight excluding hydrogens is 253 g/mol. The number of rotatable bonds is 2. The van der Waals surface area contributed by atoms with Crippen LogP contribution in [0.15, 0.2) is 18.2 Å². The third-order valence-electron chi connectivity index (χ3n) is 3.83. The molecule has 1 atom stereocenters. The van der Waals surface area contributed by atoms with Gasteiger partial charge in [0, 0.05) is 43.3 Å². The maximum Gasteiger partial charge on any atom is 0.128 e. The van der Waals surface area contributed by atoms with Crippen LogP contribution in [0.3, 0.4) is 0 Å². The molecule has 1 aliphatic heterocycles. The first kappa shape index (κ1) is 15.0. The van der Waals surface area contributed by atoms with E-state index in [-0.39, 0.29) is 5.82 Å². The van der Waals surface area contributed by atoms with Crippen molar-refractivity contribution < 1.29 is 4.39 Å². The molecule has 0 spiro atoms. The second kappa shape index (κ2) is 6.85. The van der Waals surface area contributed by atoms with Crippen LogP contribution in [0, 0.1) is 17.7 Å². The fourth-order valence-corrected chi connectivity index (χ4v) is 2.41. The molecule has 1 fully saturated rings. The minimum atomic E-state index is -0.180. The Morgan fingerprint density at radius 3 is 2.85 bits per heavy atom. The summed E-state index contributed by atoms with van der Waals surface area (Å²) in [6, 6.07) is 5.71. The lowest BCUT2D eigenvalue weighted by molar-refractivity contribution is 0.0991. The second-order valence-corrected chi connectivity index (χ2v) is 5.38. The summed E-state index contributed by atoms with van der Waals surface area (Å²) in [4.78, 5) is 4.63. The van der Waals surface area contributed by atoms with Gasteiger partial charge in [0.05, 0.1) is 6.54 Å². The van der Waals surface area contributed by atoms with Crippen molar-refractivity contribution >= 4 is 0 Å². The topological polar surface area (TPSA) is 32.5 Å². The summed E-state index contributed by atoms with van der Waals surface area (Å²) >= 11 is 0. The summed E-state index contributed by atoms with van der Waals surface area (Å²) in [6.45, 7) is 6.15. The number of nitrogens with zero attached hydrogens (tertiary/aromatic N) is 2. The maximum absolute atomic E-state index is 14.1. The number of likely N-dealkylation sites (N-methyl/N-ethyl adjacent to an activating group) is 1. The van der Waals surface area contributed by atoms with Crippen LogP contribution in [0.2, 0.25) is 0 Å². The number of halogens is 1. The molecule has 1 aliphatic rings. The molecule has 1 aromatic carbocycles. The monoisotopic (exact) mass is 275 g/mol. The van der Waals surface area contributed by atoms with Crippen molar-refractivity contribution in [2.24, 2.45) is 5.73 Å². The van der Waals surface area contributed by atoms with Crippen LogP contribution in [0.1, 0.15) is 18.1 Å². The van der Waals surface area contributed by atoms with Crippen molar-refractivity contribution in [3.05, 3.63) is 35.1 Å². The molecular formula is C16H22FN3. The molecule has 20 heavy (non-hydrogen) atoms. The summed E-state index contributed by atoms with van der Waals surface area (Å²) in [7, 11) is 2.13. The van der Waals surface area contributed by atoms with Crippen molar-refractivity contribution in [3.63, 3.8) is 0 Å². The first-order valence-corrected chi connectivity index (χ1v) is 7.00. The van der Waals surface area contributed by atoms with E-state index in [1.54, 1.807) is 0 Å². The lowest BCUT2D eigenvalue weighted by Gasteiger charge is -2.37. The normalized spacial score (nSPS) is 20.5. The Kier molecular flexibility index (Phi) is 5.13. The lowest BCUT2D eigenvalue weighted by atomic mass is 10.1. The number of hydrogen-bond donors (Lipinski definition) is 1. The molecule has 4 heteroatoms. The third-order valence-corrected chi connectivity index (χ3v) is 3.83. The molecule has 2 N–H and O–H groups in total. The van der Waals surface area contributed by atoms with Gasteiger partial charge in [-0.2, -0.15) is 0 Å². The van der Waals surface area contributed by atoms with Crippen molar-refractivity contribution in [2.45, 2.75) is 19.5 Å². The molecule has 2 rings (SSSR count). The van der Waals surface area contributed by atoms with E-state index in [0.717, 1.165) is 25.2 Å². The first-order valence-electron chi connectivity index (χ1n) is 7.00. The predicted octanol–water partition coefficient (Wildman–Crippen LogP) is 1.27. The summed E-state index contributed by atoms with van der Waals surface area (Å²) in [5, 5.41) is 0. The van der Waals surface area contributed by atoms with E-state index < -0.39 is 0 Å². The molecule has 1 heterocycles. The molecule has 0 aliphatic carbocycles. The Hall–Kier alpha value is -1.41. The molecule has 0 amide bonds. The van der Waals surface area contributed by atoms with Gasteiger partial charge in [-0.1, -0.05) is 17.9 Å². The van der Waals surface area contributed by atoms with E-state index in [1.165, 1.54) is 6.07 Å². The summed E-state index contributed by atoms with van der Waals surface area (Å²) < 4.78 is 14.1. The zero-order valence-corrected chi connectivity index (χ0v) is 12.2. The number of benzene rings is 1. The Balaban J connectivity index is 2.03. The second-order valence-electron chi connectivity index (χ2n) is 5.38. The van der Waals surface area contributed by atoms with Crippen molar-refractivity contribution in [2.75, 3.05) is 33.2 Å². The molecule has 3 nitrogen and oxygen atoms in total. The predicted molar refractivity (Wildman–Crippen MR) is 79.7 cm³/mol. The fraction of sp³-hybridized carbons (Fsp3) is 0.500. The van der Waals surface area contributed by atoms with E-state index >= 15 is 0 Å². The third kappa shape index (κ3) is 3.80. The highest BCUT2D eigenvalue weighted by molar-refractivity contribution is 5.37. The lowest BCUT2D eigenvalue weighted by Crippen LogP contribution is -2.49. The zero-order chi connectivity index (χ0) is 14.5. The van der Waals surface area contributed by atoms with Crippen LogP contribution in [0.25, 0.3) is 0 Å². The summed E-state index contributed by atoms with van der Waals surface area (Å²) in [5.74, 6) is 5.41. The smallest absolute Gasteiger partial charge is 0.128 e. The Labute approximate surface area is 120 Å². The van der Waals surface area contributed by atoms with E-state index in [2.05, 4.69) is 35.6 Å². The van der Waals surface area contributed by atoms with Crippen LogP contribution in [-0.2, 0) is 6.54 Å². The van der Waals surface area contributed by atoms with Crippen molar-refractivity contribution in [3.8, 4) is 11.8 Å². The van der Waals surface area contributed by atoms with Crippen molar-refractivity contribution in [1.82, 2.24) is 9.80 Å². The van der Waals surface area contributed by atoms with Gasteiger partial charge in [0.25, 0.3) is 0 Å². The van der Waals surface area contributed by atoms with Crippen molar-refractivity contribution in [1.29, 1.82) is 0 Å². The zero-order valence-electron chi connectivity index (χ0n) is 12.2. The average Bonchev–Trinajstić information content (AvgIpc) is 2.43.